The van der Waals surface area contributed by atoms with Crippen LogP contribution in [-0.2, 0) is 10.3 Å². The third-order valence-corrected chi connectivity index (χ3v) is 4.59. The average molecular weight is 323 g/mol. The van der Waals surface area contributed by atoms with E-state index in [4.69, 9.17) is 4.74 Å². The van der Waals surface area contributed by atoms with E-state index in [1.54, 1.807) is 7.05 Å². The van der Waals surface area contributed by atoms with Crippen LogP contribution in [-0.4, -0.2) is 42.4 Å². The molecule has 2 bridgehead atoms. The summed E-state index contributed by atoms with van der Waals surface area (Å²) in [5.41, 5.74) is -3.26. The van der Waals surface area contributed by atoms with Gasteiger partial charge in [-0.2, -0.15) is 0 Å². The van der Waals surface area contributed by atoms with Crippen molar-refractivity contribution in [2.75, 3.05) is 20.3 Å². The molecule has 0 amide bonds. The van der Waals surface area contributed by atoms with E-state index in [-0.39, 0.29) is 38.1 Å². The molecule has 2 atom stereocenters. The highest BCUT2D eigenvalue weighted by Crippen LogP contribution is 2.43. The minimum Gasteiger partial charge on any atom is -0.385 e. The van der Waals surface area contributed by atoms with Gasteiger partial charge in [0.25, 0.3) is 0 Å². The van der Waals surface area contributed by atoms with Gasteiger partial charge in [0, 0.05) is 12.1 Å². The van der Waals surface area contributed by atoms with Crippen LogP contribution in [0.4, 0.5) is 22.0 Å². The molecule has 122 valence electrons. The molecule has 2 fully saturated rings. The summed E-state index contributed by atoms with van der Waals surface area (Å²) in [6.45, 7) is 0.454. The first-order chi connectivity index (χ1) is 10.3. The Morgan fingerprint density at radius 3 is 1.77 bits per heavy atom. The summed E-state index contributed by atoms with van der Waals surface area (Å²) in [7, 11) is 1.77. The number of morpholine rings is 1. The van der Waals surface area contributed by atoms with E-state index in [9.17, 15) is 27.1 Å². The van der Waals surface area contributed by atoms with Crippen LogP contribution in [0.3, 0.4) is 0 Å². The van der Waals surface area contributed by atoms with Gasteiger partial charge in [-0.15, -0.1) is 0 Å². The monoisotopic (exact) mass is 323 g/mol. The van der Waals surface area contributed by atoms with Crippen molar-refractivity contribution in [3.8, 4) is 0 Å². The lowest BCUT2D eigenvalue weighted by Crippen LogP contribution is -2.59. The molecule has 3 nitrogen and oxygen atoms in total. The summed E-state index contributed by atoms with van der Waals surface area (Å²) >= 11 is 0. The van der Waals surface area contributed by atoms with E-state index >= 15 is 0 Å². The molecule has 22 heavy (non-hydrogen) atoms. The molecule has 2 heterocycles. The van der Waals surface area contributed by atoms with Crippen molar-refractivity contribution in [3.05, 3.63) is 34.6 Å². The van der Waals surface area contributed by atoms with Crippen LogP contribution >= 0.6 is 0 Å². The highest BCUT2D eigenvalue weighted by Gasteiger charge is 2.49. The van der Waals surface area contributed by atoms with E-state index in [1.165, 1.54) is 0 Å². The fourth-order valence-corrected chi connectivity index (χ4v) is 3.36. The van der Waals surface area contributed by atoms with Crippen molar-refractivity contribution in [2.24, 2.45) is 0 Å². The van der Waals surface area contributed by atoms with Gasteiger partial charge in [-0.05, 0) is 19.9 Å². The number of aliphatic hydroxyl groups is 1. The predicted molar refractivity (Wildman–Crippen MR) is 65.5 cm³/mol. The van der Waals surface area contributed by atoms with Crippen LogP contribution in [0.25, 0.3) is 0 Å². The van der Waals surface area contributed by atoms with Gasteiger partial charge >= 0.3 is 0 Å². The summed E-state index contributed by atoms with van der Waals surface area (Å²) < 4.78 is 73.2. The van der Waals surface area contributed by atoms with Crippen LogP contribution in [0.5, 0.6) is 0 Å². The summed E-state index contributed by atoms with van der Waals surface area (Å²) in [5, 5.41) is 10.6. The first-order valence-corrected chi connectivity index (χ1v) is 6.80. The third-order valence-electron chi connectivity index (χ3n) is 4.59. The van der Waals surface area contributed by atoms with Gasteiger partial charge in [0.15, 0.2) is 23.3 Å². The van der Waals surface area contributed by atoms with Gasteiger partial charge in [0.1, 0.15) is 0 Å². The lowest BCUT2D eigenvalue weighted by molar-refractivity contribution is -0.140. The first-order valence-electron chi connectivity index (χ1n) is 6.80. The van der Waals surface area contributed by atoms with E-state index in [2.05, 4.69) is 0 Å². The molecule has 2 saturated heterocycles. The molecular weight excluding hydrogens is 309 g/mol. The number of hydrogen-bond acceptors (Lipinski definition) is 3. The van der Waals surface area contributed by atoms with E-state index in [0.29, 0.717) is 0 Å². The number of likely N-dealkylation sites (N-methyl/N-ethyl adjacent to an activating group) is 1. The smallest absolute Gasteiger partial charge is 0.200 e. The van der Waals surface area contributed by atoms with Gasteiger partial charge in [-0.25, -0.2) is 22.0 Å². The number of piperidine rings is 1. The molecule has 3 rings (SSSR count). The van der Waals surface area contributed by atoms with Crippen LogP contribution in [0.2, 0.25) is 0 Å². The first kappa shape index (κ1) is 15.6. The zero-order valence-electron chi connectivity index (χ0n) is 11.7. The second kappa shape index (κ2) is 5.14. The Morgan fingerprint density at radius 1 is 0.909 bits per heavy atom. The fourth-order valence-electron chi connectivity index (χ4n) is 3.36. The Hall–Kier alpha value is -1.25. The van der Waals surface area contributed by atoms with E-state index in [0.717, 1.165) is 0 Å². The number of nitrogens with zero attached hydrogens (tertiary/aromatic N) is 1. The Kier molecular flexibility index (Phi) is 3.65. The Bertz CT molecular complexity index is 581. The number of rotatable bonds is 1. The molecule has 0 saturated carbocycles. The number of halogens is 5. The number of ether oxygens (including phenoxy) is 1. The van der Waals surface area contributed by atoms with Crippen molar-refractivity contribution in [1.29, 1.82) is 0 Å². The SMILES string of the molecule is CN1C2COCC1CC(O)(c1c(F)c(F)c(F)c(F)c1F)C2. The van der Waals surface area contributed by atoms with Crippen LogP contribution in [0.15, 0.2) is 0 Å². The van der Waals surface area contributed by atoms with Crippen LogP contribution < -0.4 is 0 Å². The topological polar surface area (TPSA) is 32.7 Å². The van der Waals surface area contributed by atoms with Gasteiger partial charge in [0.2, 0.25) is 5.82 Å². The molecule has 1 N–H and O–H groups in total. The van der Waals surface area contributed by atoms with Gasteiger partial charge in [-0.3, -0.25) is 4.90 Å². The molecule has 0 spiro atoms. The molecule has 0 aromatic heterocycles. The lowest BCUT2D eigenvalue weighted by Gasteiger charge is -2.50. The molecule has 1 aromatic carbocycles. The van der Waals surface area contributed by atoms with Crippen molar-refractivity contribution in [3.63, 3.8) is 0 Å². The van der Waals surface area contributed by atoms with Crippen LogP contribution in [0.1, 0.15) is 18.4 Å². The quantitative estimate of drug-likeness (QED) is 0.488. The maximum Gasteiger partial charge on any atom is 0.200 e. The second-order valence-corrected chi connectivity index (χ2v) is 5.90. The van der Waals surface area contributed by atoms with Gasteiger partial charge < -0.3 is 9.84 Å². The summed E-state index contributed by atoms with van der Waals surface area (Å²) in [6, 6.07) is -0.708. The zero-order chi connectivity index (χ0) is 16.2. The highest BCUT2D eigenvalue weighted by molar-refractivity contribution is 5.31. The van der Waals surface area contributed by atoms with Crippen molar-refractivity contribution < 1.29 is 31.8 Å². The number of fused-ring (bicyclic) bond motifs is 2. The van der Waals surface area contributed by atoms with Crippen LogP contribution in [0, 0.1) is 29.1 Å². The Balaban J connectivity index is 2.11. The molecule has 2 aliphatic rings. The van der Waals surface area contributed by atoms with E-state index < -0.39 is 40.3 Å². The average Bonchev–Trinajstić information content (AvgIpc) is 2.45. The molecular formula is C14H14F5NO2. The molecule has 0 radical (unpaired) electrons. The predicted octanol–water partition coefficient (Wildman–Crippen LogP) is 2.06. The zero-order valence-corrected chi connectivity index (χ0v) is 11.7. The van der Waals surface area contributed by atoms with Gasteiger partial charge in [-0.1, -0.05) is 0 Å². The standard InChI is InChI=1S/C14H14F5NO2/c1-20-6-2-14(21,3-7(20)5-22-4-6)8-9(15)11(17)13(19)12(18)10(8)16/h6-7,21H,2-5H2,1H3. The summed E-state index contributed by atoms with van der Waals surface area (Å²) in [4.78, 5) is 1.89. The van der Waals surface area contributed by atoms with Crippen molar-refractivity contribution >= 4 is 0 Å². The summed E-state index contributed by atoms with van der Waals surface area (Å²) in [6.07, 6.45) is -0.337. The molecule has 2 unspecified atom stereocenters. The van der Waals surface area contributed by atoms with Gasteiger partial charge in [0.05, 0.1) is 24.4 Å². The fraction of sp³-hybridized carbons (Fsp3) is 0.571. The second-order valence-electron chi connectivity index (χ2n) is 5.90. The largest absolute Gasteiger partial charge is 0.385 e. The summed E-state index contributed by atoms with van der Waals surface area (Å²) in [5.74, 6) is -10.2. The van der Waals surface area contributed by atoms with Crippen molar-refractivity contribution in [2.45, 2.75) is 30.5 Å². The van der Waals surface area contributed by atoms with E-state index in [1.807, 2.05) is 4.90 Å². The Morgan fingerprint density at radius 2 is 1.32 bits per heavy atom. The molecule has 2 aliphatic heterocycles. The maximum atomic E-state index is 14.0. The number of hydrogen-bond donors (Lipinski definition) is 1. The van der Waals surface area contributed by atoms with Crippen molar-refractivity contribution in [1.82, 2.24) is 4.90 Å². The molecule has 0 aliphatic carbocycles. The Labute approximate surface area is 123 Å². The maximum absolute atomic E-state index is 14.0. The minimum absolute atomic E-state index is 0.168. The highest BCUT2D eigenvalue weighted by atomic mass is 19.2. The molecule has 1 aromatic rings. The number of benzene rings is 1. The minimum atomic E-state index is -2.22. The third kappa shape index (κ3) is 2.12. The normalized spacial score (nSPS) is 32.3. The lowest BCUT2D eigenvalue weighted by atomic mass is 9.76. The molecule has 8 heteroatoms.